The van der Waals surface area contributed by atoms with E-state index in [0.717, 1.165) is 40.7 Å². The molecule has 1 unspecified atom stereocenters. The van der Waals surface area contributed by atoms with Crippen molar-refractivity contribution in [1.29, 1.82) is 0 Å². The summed E-state index contributed by atoms with van der Waals surface area (Å²) in [7, 11) is 0. The molecule has 0 aromatic rings. The van der Waals surface area contributed by atoms with Crippen molar-refractivity contribution in [3.63, 3.8) is 0 Å². The number of carbonyl (C=O) groups excluding carboxylic acids is 4. The second-order valence-corrected chi connectivity index (χ2v) is 16.9. The molecule has 1 fully saturated rings. The predicted molar refractivity (Wildman–Crippen MR) is 179 cm³/mol. The zero-order valence-electron chi connectivity index (χ0n) is 29.4. The Kier molecular flexibility index (Phi) is 8.19. The molecule has 0 saturated heterocycles. The molecular weight excluding hydrogens is 592 g/mol. The summed E-state index contributed by atoms with van der Waals surface area (Å²) >= 11 is 0. The second kappa shape index (κ2) is 11.3. The van der Waals surface area contributed by atoms with E-state index in [4.69, 9.17) is 0 Å². The first-order valence-electron chi connectivity index (χ1n) is 17.7. The molecule has 6 rings (SSSR count). The molecule has 7 nitrogen and oxygen atoms in total. The lowest BCUT2D eigenvalue weighted by atomic mass is 9.64. The summed E-state index contributed by atoms with van der Waals surface area (Å²) < 4.78 is 0. The summed E-state index contributed by atoms with van der Waals surface area (Å²) in [5, 5.41) is 33.4. The van der Waals surface area contributed by atoms with Gasteiger partial charge < -0.3 is 15.3 Å². The van der Waals surface area contributed by atoms with Crippen LogP contribution < -0.4 is 0 Å². The molecular formula is C40H52O7. The number of Topliss-reactive ketones (excluding diaryl/α,β-unsaturated/α-hetero) is 4. The molecule has 254 valence electrons. The Hall–Kier alpha value is -2.90. The summed E-state index contributed by atoms with van der Waals surface area (Å²) in [6.45, 7) is 16.3. The van der Waals surface area contributed by atoms with Gasteiger partial charge in [0.2, 0.25) is 5.78 Å². The van der Waals surface area contributed by atoms with E-state index >= 15 is 0 Å². The van der Waals surface area contributed by atoms with E-state index in [2.05, 4.69) is 34.6 Å². The van der Waals surface area contributed by atoms with Gasteiger partial charge in [0.25, 0.3) is 0 Å². The fraction of sp³-hybridized carbons (Fsp3) is 0.650. The SMILES string of the molecule is CC1=C(C(C)C)C2CC[C@]3(C)C[C@@H](O)C(=O)C(CCC4=C5CC6=C(O)C(=O)[C@H](C(C)C)[C@@]6(C)CC[C@]5(C)C[C@@H](O)C4=O)=C3C=C2C1=O. The van der Waals surface area contributed by atoms with Crippen molar-refractivity contribution in [3.05, 3.63) is 56.4 Å². The zero-order chi connectivity index (χ0) is 34.5. The van der Waals surface area contributed by atoms with Crippen molar-refractivity contribution in [2.24, 2.45) is 39.9 Å². The van der Waals surface area contributed by atoms with Gasteiger partial charge in [-0.1, -0.05) is 65.7 Å². The van der Waals surface area contributed by atoms with Gasteiger partial charge >= 0.3 is 0 Å². The molecule has 0 bridgehead atoms. The maximum atomic E-state index is 13.8. The topological polar surface area (TPSA) is 129 Å². The van der Waals surface area contributed by atoms with Crippen LogP contribution >= 0.6 is 0 Å². The number of hydrogen-bond donors (Lipinski definition) is 3. The van der Waals surface area contributed by atoms with Crippen molar-refractivity contribution in [1.82, 2.24) is 0 Å². The van der Waals surface area contributed by atoms with Gasteiger partial charge in [-0.25, -0.2) is 0 Å². The van der Waals surface area contributed by atoms with Crippen LogP contribution in [0.1, 0.15) is 113 Å². The van der Waals surface area contributed by atoms with Crippen molar-refractivity contribution >= 4 is 23.1 Å². The third-order valence-electron chi connectivity index (χ3n) is 13.3. The smallest absolute Gasteiger partial charge is 0.201 e. The Labute approximate surface area is 279 Å². The molecule has 6 aliphatic rings. The fourth-order valence-electron chi connectivity index (χ4n) is 10.8. The summed E-state index contributed by atoms with van der Waals surface area (Å²) in [4.78, 5) is 54.5. The molecule has 0 heterocycles. The number of allylic oxidation sites excluding steroid dienone is 8. The number of rotatable bonds is 5. The zero-order valence-corrected chi connectivity index (χ0v) is 29.4. The maximum absolute atomic E-state index is 13.8. The molecule has 47 heavy (non-hydrogen) atoms. The van der Waals surface area contributed by atoms with Crippen LogP contribution in [0.3, 0.4) is 0 Å². The molecule has 0 aliphatic heterocycles. The van der Waals surface area contributed by atoms with E-state index in [0.29, 0.717) is 29.6 Å². The van der Waals surface area contributed by atoms with Crippen molar-refractivity contribution < 1.29 is 34.5 Å². The van der Waals surface area contributed by atoms with Crippen LogP contribution in [0.5, 0.6) is 0 Å². The minimum Gasteiger partial charge on any atom is -0.504 e. The number of ketones is 4. The lowest BCUT2D eigenvalue weighted by Gasteiger charge is -2.40. The van der Waals surface area contributed by atoms with Crippen molar-refractivity contribution in [2.75, 3.05) is 0 Å². The van der Waals surface area contributed by atoms with E-state index < -0.39 is 28.5 Å². The van der Waals surface area contributed by atoms with E-state index in [1.54, 1.807) is 0 Å². The van der Waals surface area contributed by atoms with Crippen LogP contribution in [0.4, 0.5) is 0 Å². The van der Waals surface area contributed by atoms with Gasteiger partial charge in [0.15, 0.2) is 23.1 Å². The lowest BCUT2D eigenvalue weighted by molar-refractivity contribution is -0.127. The molecule has 7 heteroatoms. The van der Waals surface area contributed by atoms with Gasteiger partial charge in [-0.15, -0.1) is 0 Å². The summed E-state index contributed by atoms with van der Waals surface area (Å²) in [6, 6.07) is 0. The van der Waals surface area contributed by atoms with Crippen LogP contribution in [-0.2, 0) is 19.2 Å². The summed E-state index contributed by atoms with van der Waals surface area (Å²) in [6.07, 6.45) is 3.62. The third kappa shape index (κ3) is 4.96. The van der Waals surface area contributed by atoms with Crippen LogP contribution in [0, 0.1) is 39.9 Å². The molecule has 0 radical (unpaired) electrons. The number of carbonyl (C=O) groups is 4. The highest BCUT2D eigenvalue weighted by Gasteiger charge is 2.56. The highest BCUT2D eigenvalue weighted by molar-refractivity contribution is 6.13. The standard InChI is InChI=1S/C40H52O7/c1-19(2)31-21(5)33(43)25-15-26-23(34(44)29(41)17-38(26,6)12-11-22(25)31)9-10-24-27-16-28-36(46)37(47)32(20(3)4)40(28,8)14-13-39(27,7)18-30(42)35(24)45/h15,19-20,22,29-30,32,41-42,46H,9-14,16-18H2,1-8H3/t22?,29-,30-,32+,38-,39-,40+/m1/s1. The van der Waals surface area contributed by atoms with Crippen LogP contribution in [0.25, 0.3) is 0 Å². The van der Waals surface area contributed by atoms with Crippen molar-refractivity contribution in [2.45, 2.75) is 125 Å². The van der Waals surface area contributed by atoms with Gasteiger partial charge in [-0.2, -0.15) is 0 Å². The molecule has 7 atom stereocenters. The largest absolute Gasteiger partial charge is 0.504 e. The van der Waals surface area contributed by atoms with E-state index in [1.165, 1.54) is 0 Å². The molecule has 0 aromatic heterocycles. The summed E-state index contributed by atoms with van der Waals surface area (Å²) in [5.74, 6) is -1.22. The predicted octanol–water partition coefficient (Wildman–Crippen LogP) is 6.79. The Bertz CT molecular complexity index is 1640. The van der Waals surface area contributed by atoms with E-state index in [1.807, 2.05) is 26.8 Å². The highest BCUT2D eigenvalue weighted by Crippen LogP contribution is 2.61. The van der Waals surface area contributed by atoms with Gasteiger partial charge in [-0.05, 0) is 110 Å². The first-order valence-corrected chi connectivity index (χ1v) is 17.7. The van der Waals surface area contributed by atoms with Gasteiger partial charge in [0.1, 0.15) is 12.2 Å². The van der Waals surface area contributed by atoms with Crippen LogP contribution in [-0.4, -0.2) is 50.7 Å². The first kappa shape index (κ1) is 34.0. The van der Waals surface area contributed by atoms with E-state index in [9.17, 15) is 34.5 Å². The molecule has 1 saturated carbocycles. The molecule has 3 N–H and O–H groups in total. The maximum Gasteiger partial charge on any atom is 0.201 e. The van der Waals surface area contributed by atoms with Gasteiger partial charge in [0, 0.05) is 28.4 Å². The third-order valence-corrected chi connectivity index (χ3v) is 13.3. The quantitative estimate of drug-likeness (QED) is 0.301. The minimum absolute atomic E-state index is 0.00309. The second-order valence-electron chi connectivity index (χ2n) is 16.9. The Balaban J connectivity index is 1.45. The molecule has 0 amide bonds. The van der Waals surface area contributed by atoms with Gasteiger partial charge in [0.05, 0.1) is 0 Å². The lowest BCUT2D eigenvalue weighted by Crippen LogP contribution is -2.39. The average molecular weight is 645 g/mol. The Morgan fingerprint density at radius 2 is 1.40 bits per heavy atom. The van der Waals surface area contributed by atoms with E-state index in [-0.39, 0.29) is 84.7 Å². The molecule has 6 aliphatic carbocycles. The van der Waals surface area contributed by atoms with Crippen LogP contribution in [0.15, 0.2) is 56.4 Å². The Morgan fingerprint density at radius 1 is 0.809 bits per heavy atom. The van der Waals surface area contributed by atoms with Crippen molar-refractivity contribution in [3.8, 4) is 0 Å². The normalized spacial score (nSPS) is 37.8. The minimum atomic E-state index is -1.18. The average Bonchev–Trinajstić information content (AvgIpc) is 3.19. The highest BCUT2D eigenvalue weighted by atomic mass is 16.3. The molecule has 0 aromatic carbocycles. The number of aliphatic hydroxyl groups excluding tert-OH is 3. The van der Waals surface area contributed by atoms with Gasteiger partial charge in [-0.3, -0.25) is 19.2 Å². The summed E-state index contributed by atoms with van der Waals surface area (Å²) in [5.41, 5.74) is 4.36. The first-order chi connectivity index (χ1) is 21.9. The monoisotopic (exact) mass is 644 g/mol. The fourth-order valence-corrected chi connectivity index (χ4v) is 10.8. The van der Waals surface area contributed by atoms with Crippen LogP contribution in [0.2, 0.25) is 0 Å². The Morgan fingerprint density at radius 3 is 2.02 bits per heavy atom. The number of fused-ring (bicyclic) bond motifs is 4. The molecule has 0 spiro atoms. The number of aliphatic hydroxyl groups is 3. The number of hydrogen-bond acceptors (Lipinski definition) is 7.